The van der Waals surface area contributed by atoms with E-state index < -0.39 is 0 Å². The molecule has 1 saturated heterocycles. The minimum atomic E-state index is -0.123. The highest BCUT2D eigenvalue weighted by atomic mass is 32.2. The zero-order valence-corrected chi connectivity index (χ0v) is 10.5. The lowest BCUT2D eigenvalue weighted by Gasteiger charge is -2.18. The summed E-state index contributed by atoms with van der Waals surface area (Å²) in [6.45, 7) is 4.88. The zero-order valence-electron chi connectivity index (χ0n) is 9.69. The molecule has 0 saturated carbocycles. The van der Waals surface area contributed by atoms with Gasteiger partial charge in [-0.2, -0.15) is 11.8 Å². The molecule has 0 aliphatic carbocycles. The van der Waals surface area contributed by atoms with Crippen LogP contribution in [-0.2, 0) is 14.3 Å². The van der Waals surface area contributed by atoms with Gasteiger partial charge in [0.05, 0.1) is 19.1 Å². The van der Waals surface area contributed by atoms with Crippen molar-refractivity contribution in [3.05, 3.63) is 0 Å². The van der Waals surface area contributed by atoms with Crippen molar-refractivity contribution >= 4 is 17.7 Å². The smallest absolute Gasteiger partial charge is 0.309 e. The predicted molar refractivity (Wildman–Crippen MR) is 62.1 cm³/mol. The summed E-state index contributed by atoms with van der Waals surface area (Å²) < 4.78 is 10.3. The van der Waals surface area contributed by atoms with Gasteiger partial charge in [-0.15, -0.1) is 0 Å². The van der Waals surface area contributed by atoms with Crippen molar-refractivity contribution in [3.63, 3.8) is 0 Å². The molecule has 0 aromatic carbocycles. The first-order valence-corrected chi connectivity index (χ1v) is 6.51. The topological polar surface area (TPSA) is 35.5 Å². The number of carbonyl (C=O) groups is 1. The summed E-state index contributed by atoms with van der Waals surface area (Å²) in [7, 11) is 1.44. The summed E-state index contributed by atoms with van der Waals surface area (Å²) >= 11 is 1.80. The fourth-order valence-corrected chi connectivity index (χ4v) is 2.74. The molecular formula is C11H20O3S. The Morgan fingerprint density at radius 3 is 2.87 bits per heavy atom. The van der Waals surface area contributed by atoms with Crippen LogP contribution in [0.3, 0.4) is 0 Å². The maximum absolute atomic E-state index is 11.3. The van der Waals surface area contributed by atoms with Crippen LogP contribution in [0.5, 0.6) is 0 Å². The van der Waals surface area contributed by atoms with Crippen LogP contribution in [0, 0.1) is 5.92 Å². The third-order valence-electron chi connectivity index (χ3n) is 2.85. The van der Waals surface area contributed by atoms with Crippen LogP contribution in [0.25, 0.3) is 0 Å². The standard InChI is InChI=1S/C11H20O3S/c1-8(11(12)13-3)9(2)15-7-10-5-4-6-14-10/h8-10H,4-7H2,1-3H3. The number of ether oxygens (including phenoxy) is 2. The molecular weight excluding hydrogens is 212 g/mol. The second-order valence-electron chi connectivity index (χ2n) is 3.99. The number of hydrogen-bond donors (Lipinski definition) is 0. The van der Waals surface area contributed by atoms with Crippen LogP contribution < -0.4 is 0 Å². The van der Waals surface area contributed by atoms with E-state index in [4.69, 9.17) is 9.47 Å². The lowest BCUT2D eigenvalue weighted by molar-refractivity contribution is -0.144. The zero-order chi connectivity index (χ0) is 11.3. The van der Waals surface area contributed by atoms with E-state index in [-0.39, 0.29) is 11.9 Å². The van der Waals surface area contributed by atoms with Crippen molar-refractivity contribution < 1.29 is 14.3 Å². The Morgan fingerprint density at radius 1 is 1.60 bits per heavy atom. The van der Waals surface area contributed by atoms with Crippen LogP contribution in [0.4, 0.5) is 0 Å². The van der Waals surface area contributed by atoms with Gasteiger partial charge in [-0.3, -0.25) is 4.79 Å². The van der Waals surface area contributed by atoms with Gasteiger partial charge in [0.15, 0.2) is 0 Å². The average molecular weight is 232 g/mol. The number of esters is 1. The molecule has 1 fully saturated rings. The lowest BCUT2D eigenvalue weighted by Crippen LogP contribution is -2.23. The van der Waals surface area contributed by atoms with Gasteiger partial charge >= 0.3 is 5.97 Å². The van der Waals surface area contributed by atoms with Crippen molar-refractivity contribution in [2.75, 3.05) is 19.5 Å². The molecule has 3 nitrogen and oxygen atoms in total. The Balaban J connectivity index is 2.22. The Labute approximate surface area is 95.9 Å². The molecule has 0 bridgehead atoms. The molecule has 0 aromatic rings. The first-order valence-electron chi connectivity index (χ1n) is 5.46. The minimum absolute atomic E-state index is 0.0404. The molecule has 3 atom stereocenters. The second kappa shape index (κ2) is 6.38. The fraction of sp³-hybridized carbons (Fsp3) is 0.909. The maximum atomic E-state index is 11.3. The highest BCUT2D eigenvalue weighted by molar-refractivity contribution is 7.99. The number of thioether (sulfide) groups is 1. The van der Waals surface area contributed by atoms with E-state index in [9.17, 15) is 4.79 Å². The van der Waals surface area contributed by atoms with Crippen LogP contribution in [0.1, 0.15) is 26.7 Å². The van der Waals surface area contributed by atoms with E-state index in [2.05, 4.69) is 6.92 Å². The first kappa shape index (κ1) is 12.8. The third kappa shape index (κ3) is 4.03. The average Bonchev–Trinajstić information content (AvgIpc) is 2.76. The van der Waals surface area contributed by atoms with Crippen molar-refractivity contribution in [1.29, 1.82) is 0 Å². The van der Waals surface area contributed by atoms with Gasteiger partial charge in [0.1, 0.15) is 0 Å². The summed E-state index contributed by atoms with van der Waals surface area (Å²) in [5.74, 6) is 0.825. The normalized spacial score (nSPS) is 24.9. The van der Waals surface area contributed by atoms with E-state index in [0.717, 1.165) is 18.8 Å². The summed E-state index contributed by atoms with van der Waals surface area (Å²) in [5.41, 5.74) is 0. The Hall–Kier alpha value is -0.220. The Kier molecular flexibility index (Phi) is 5.47. The van der Waals surface area contributed by atoms with Crippen LogP contribution in [-0.4, -0.2) is 36.8 Å². The molecule has 15 heavy (non-hydrogen) atoms. The van der Waals surface area contributed by atoms with Crippen molar-refractivity contribution in [2.24, 2.45) is 5.92 Å². The lowest BCUT2D eigenvalue weighted by atomic mass is 10.1. The van der Waals surface area contributed by atoms with E-state index >= 15 is 0 Å². The van der Waals surface area contributed by atoms with Crippen LogP contribution in [0.2, 0.25) is 0 Å². The van der Waals surface area contributed by atoms with E-state index in [1.165, 1.54) is 13.5 Å². The van der Waals surface area contributed by atoms with Gasteiger partial charge in [0, 0.05) is 17.6 Å². The molecule has 0 radical (unpaired) electrons. The molecule has 0 aromatic heterocycles. The van der Waals surface area contributed by atoms with Gasteiger partial charge in [0.25, 0.3) is 0 Å². The molecule has 1 aliphatic rings. The number of hydrogen-bond acceptors (Lipinski definition) is 4. The van der Waals surface area contributed by atoms with Gasteiger partial charge in [-0.05, 0) is 12.8 Å². The number of rotatable bonds is 5. The predicted octanol–water partition coefficient (Wildman–Crippen LogP) is 2.10. The Bertz CT molecular complexity index is 202. The minimum Gasteiger partial charge on any atom is -0.469 e. The largest absolute Gasteiger partial charge is 0.469 e. The van der Waals surface area contributed by atoms with Crippen molar-refractivity contribution in [3.8, 4) is 0 Å². The molecule has 88 valence electrons. The molecule has 3 unspecified atom stereocenters. The molecule has 0 spiro atoms. The monoisotopic (exact) mass is 232 g/mol. The molecule has 0 N–H and O–H groups in total. The van der Waals surface area contributed by atoms with Crippen molar-refractivity contribution in [2.45, 2.75) is 38.0 Å². The van der Waals surface area contributed by atoms with Gasteiger partial charge < -0.3 is 9.47 Å². The van der Waals surface area contributed by atoms with Crippen LogP contribution in [0.15, 0.2) is 0 Å². The molecule has 1 heterocycles. The maximum Gasteiger partial charge on any atom is 0.309 e. The number of carbonyl (C=O) groups excluding carboxylic acids is 1. The van der Waals surface area contributed by atoms with Crippen molar-refractivity contribution in [1.82, 2.24) is 0 Å². The van der Waals surface area contributed by atoms with E-state index in [1.807, 2.05) is 6.92 Å². The number of methoxy groups -OCH3 is 1. The molecule has 1 aliphatic heterocycles. The fourth-order valence-electron chi connectivity index (χ4n) is 1.56. The second-order valence-corrected chi connectivity index (χ2v) is 5.40. The van der Waals surface area contributed by atoms with Crippen LogP contribution >= 0.6 is 11.8 Å². The summed E-state index contributed by atoms with van der Waals surface area (Å²) in [6.07, 6.45) is 2.72. The van der Waals surface area contributed by atoms with Gasteiger partial charge in [-0.1, -0.05) is 13.8 Å². The van der Waals surface area contributed by atoms with E-state index in [1.54, 1.807) is 11.8 Å². The Morgan fingerprint density at radius 2 is 2.33 bits per heavy atom. The summed E-state index contributed by atoms with van der Waals surface area (Å²) in [6, 6.07) is 0. The van der Waals surface area contributed by atoms with E-state index in [0.29, 0.717) is 11.4 Å². The first-order chi connectivity index (χ1) is 7.15. The molecule has 0 amide bonds. The highest BCUT2D eigenvalue weighted by Crippen LogP contribution is 2.24. The molecule has 4 heteroatoms. The highest BCUT2D eigenvalue weighted by Gasteiger charge is 2.23. The SMILES string of the molecule is COC(=O)C(C)C(C)SCC1CCCO1. The van der Waals surface area contributed by atoms with Gasteiger partial charge in [0.2, 0.25) is 0 Å². The third-order valence-corrected chi connectivity index (χ3v) is 4.34. The summed E-state index contributed by atoms with van der Waals surface area (Å²) in [5, 5.41) is 0.293. The summed E-state index contributed by atoms with van der Waals surface area (Å²) in [4.78, 5) is 11.3. The van der Waals surface area contributed by atoms with Gasteiger partial charge in [-0.25, -0.2) is 0 Å². The molecule has 1 rings (SSSR count). The quantitative estimate of drug-likeness (QED) is 0.680.